The van der Waals surface area contributed by atoms with E-state index in [1.807, 2.05) is 37.3 Å². The third-order valence-electron chi connectivity index (χ3n) is 4.09. The summed E-state index contributed by atoms with van der Waals surface area (Å²) >= 11 is 3.43. The van der Waals surface area contributed by atoms with Crippen molar-refractivity contribution in [3.63, 3.8) is 0 Å². The van der Waals surface area contributed by atoms with Gasteiger partial charge in [0.05, 0.1) is 4.47 Å². The topological polar surface area (TPSA) is 58.6 Å². The number of anilines is 2. The summed E-state index contributed by atoms with van der Waals surface area (Å²) in [6.07, 6.45) is 0.797. The second-order valence-corrected chi connectivity index (χ2v) is 6.89. The molecule has 5 nitrogen and oxygen atoms in total. The number of aryl methyl sites for hydroxylation is 1. The Morgan fingerprint density at radius 2 is 2.04 bits per heavy atom. The van der Waals surface area contributed by atoms with E-state index in [2.05, 4.69) is 21.2 Å². The van der Waals surface area contributed by atoms with Gasteiger partial charge in [-0.1, -0.05) is 6.07 Å². The van der Waals surface area contributed by atoms with Crippen molar-refractivity contribution in [1.29, 1.82) is 0 Å². The largest absolute Gasteiger partial charge is 0.483 e. The Morgan fingerprint density at radius 1 is 1.24 bits per heavy atom. The highest BCUT2D eigenvalue weighted by Crippen LogP contribution is 2.30. The average molecular weight is 403 g/mol. The summed E-state index contributed by atoms with van der Waals surface area (Å²) in [5.74, 6) is 0.438. The fraction of sp³-hybridized carbons (Fsp3) is 0.263. The van der Waals surface area contributed by atoms with Gasteiger partial charge in [0.1, 0.15) is 5.75 Å². The van der Waals surface area contributed by atoms with Gasteiger partial charge in [0, 0.05) is 24.8 Å². The number of halogens is 1. The van der Waals surface area contributed by atoms with Crippen molar-refractivity contribution in [2.75, 3.05) is 23.4 Å². The highest BCUT2D eigenvalue weighted by atomic mass is 79.9. The molecule has 6 heteroatoms. The lowest BCUT2D eigenvalue weighted by atomic mass is 10.1. The molecule has 130 valence electrons. The number of nitrogens with zero attached hydrogens (tertiary/aromatic N) is 1. The van der Waals surface area contributed by atoms with Crippen molar-refractivity contribution >= 4 is 39.1 Å². The maximum Gasteiger partial charge on any atom is 0.262 e. The summed E-state index contributed by atoms with van der Waals surface area (Å²) in [6, 6.07) is 11.3. The third kappa shape index (κ3) is 4.02. The second kappa shape index (κ2) is 7.27. The van der Waals surface area contributed by atoms with Crippen molar-refractivity contribution in [3.05, 3.63) is 52.0 Å². The quantitative estimate of drug-likeness (QED) is 0.848. The molecule has 2 aromatic carbocycles. The summed E-state index contributed by atoms with van der Waals surface area (Å²) in [4.78, 5) is 25.4. The Balaban J connectivity index is 1.61. The Bertz CT molecular complexity index is 835. The third-order valence-corrected chi connectivity index (χ3v) is 4.70. The smallest absolute Gasteiger partial charge is 0.262 e. The highest BCUT2D eigenvalue weighted by Gasteiger charge is 2.22. The summed E-state index contributed by atoms with van der Waals surface area (Å²) in [5.41, 5.74) is 3.81. The van der Waals surface area contributed by atoms with Crippen molar-refractivity contribution in [3.8, 4) is 5.75 Å². The van der Waals surface area contributed by atoms with Gasteiger partial charge in [-0.05, 0) is 70.7 Å². The molecular weight excluding hydrogens is 384 g/mol. The highest BCUT2D eigenvalue weighted by molar-refractivity contribution is 9.10. The van der Waals surface area contributed by atoms with E-state index >= 15 is 0 Å². The molecule has 2 aromatic rings. The molecule has 0 atom stereocenters. The van der Waals surface area contributed by atoms with E-state index in [0.29, 0.717) is 18.0 Å². The second-order valence-electron chi connectivity index (χ2n) is 6.03. The van der Waals surface area contributed by atoms with Crippen LogP contribution in [-0.4, -0.2) is 25.0 Å². The van der Waals surface area contributed by atoms with E-state index < -0.39 is 0 Å². The van der Waals surface area contributed by atoms with Gasteiger partial charge in [0.15, 0.2) is 6.61 Å². The Labute approximate surface area is 155 Å². The molecule has 1 aliphatic heterocycles. The van der Waals surface area contributed by atoms with Gasteiger partial charge in [0.2, 0.25) is 5.91 Å². The first-order valence-corrected chi connectivity index (χ1v) is 8.83. The van der Waals surface area contributed by atoms with Crippen LogP contribution in [0.3, 0.4) is 0 Å². The van der Waals surface area contributed by atoms with Crippen molar-refractivity contribution in [2.24, 2.45) is 0 Å². The van der Waals surface area contributed by atoms with E-state index in [1.165, 1.54) is 0 Å². The van der Waals surface area contributed by atoms with Crippen molar-refractivity contribution in [1.82, 2.24) is 0 Å². The first-order chi connectivity index (χ1) is 11.9. The van der Waals surface area contributed by atoms with E-state index in [9.17, 15) is 9.59 Å². The molecule has 1 heterocycles. The monoisotopic (exact) mass is 402 g/mol. The molecule has 0 unspecified atom stereocenters. The van der Waals surface area contributed by atoms with Crippen LogP contribution in [0.5, 0.6) is 5.75 Å². The van der Waals surface area contributed by atoms with Crippen LogP contribution in [0.15, 0.2) is 40.9 Å². The van der Waals surface area contributed by atoms with Crippen LogP contribution in [0.1, 0.15) is 18.1 Å². The lowest BCUT2D eigenvalue weighted by Crippen LogP contribution is -2.25. The fourth-order valence-corrected chi connectivity index (χ4v) is 3.48. The first kappa shape index (κ1) is 17.5. The first-order valence-electron chi connectivity index (χ1n) is 8.04. The number of carbonyl (C=O) groups excluding carboxylic acids is 2. The molecule has 3 rings (SSSR count). The number of rotatable bonds is 4. The minimum absolute atomic E-state index is 0.0348. The molecule has 25 heavy (non-hydrogen) atoms. The Hall–Kier alpha value is -2.34. The van der Waals surface area contributed by atoms with Gasteiger partial charge >= 0.3 is 0 Å². The lowest BCUT2D eigenvalue weighted by Gasteiger charge is -2.15. The van der Waals surface area contributed by atoms with Gasteiger partial charge in [0.25, 0.3) is 5.91 Å². The number of fused-ring (bicyclic) bond motifs is 1. The minimum atomic E-state index is -0.228. The SMILES string of the molecule is CC(=O)N1CCc2cc(NC(=O)COc3ccc(C)cc3Br)ccc21. The summed E-state index contributed by atoms with van der Waals surface area (Å²) in [7, 11) is 0. The zero-order valence-electron chi connectivity index (χ0n) is 14.1. The fourth-order valence-electron chi connectivity index (χ4n) is 2.87. The van der Waals surface area contributed by atoms with Crippen LogP contribution in [0.2, 0.25) is 0 Å². The summed E-state index contributed by atoms with van der Waals surface area (Å²) in [6.45, 7) is 4.17. The summed E-state index contributed by atoms with van der Waals surface area (Å²) < 4.78 is 6.38. The molecule has 0 saturated carbocycles. The van der Waals surface area contributed by atoms with Gasteiger partial charge in [-0.3, -0.25) is 9.59 Å². The zero-order valence-corrected chi connectivity index (χ0v) is 15.7. The van der Waals surface area contributed by atoms with Crippen molar-refractivity contribution < 1.29 is 14.3 Å². The maximum atomic E-state index is 12.1. The van der Waals surface area contributed by atoms with E-state index in [0.717, 1.165) is 27.7 Å². The van der Waals surface area contributed by atoms with Crippen LogP contribution >= 0.6 is 15.9 Å². The minimum Gasteiger partial charge on any atom is -0.483 e. The normalized spacial score (nSPS) is 12.7. The molecule has 1 N–H and O–H groups in total. The van der Waals surface area contributed by atoms with E-state index in [-0.39, 0.29) is 18.4 Å². The summed E-state index contributed by atoms with van der Waals surface area (Å²) in [5, 5.41) is 2.83. The van der Waals surface area contributed by atoms with E-state index in [4.69, 9.17) is 4.74 Å². The lowest BCUT2D eigenvalue weighted by molar-refractivity contribution is -0.118. The molecule has 0 bridgehead atoms. The molecule has 0 aliphatic carbocycles. The zero-order chi connectivity index (χ0) is 18.0. The van der Waals surface area contributed by atoms with Gasteiger partial charge in [-0.25, -0.2) is 0 Å². The molecule has 1 aliphatic rings. The average Bonchev–Trinajstić information content (AvgIpc) is 2.97. The molecule has 0 spiro atoms. The number of hydrogen-bond acceptors (Lipinski definition) is 3. The Kier molecular flexibility index (Phi) is 5.08. The van der Waals surface area contributed by atoms with Gasteiger partial charge in [-0.15, -0.1) is 0 Å². The van der Waals surface area contributed by atoms with Gasteiger partial charge in [-0.2, -0.15) is 0 Å². The van der Waals surface area contributed by atoms with E-state index in [1.54, 1.807) is 17.9 Å². The van der Waals surface area contributed by atoms with Gasteiger partial charge < -0.3 is 15.0 Å². The standard InChI is InChI=1S/C19H19BrN2O3/c1-12-3-6-18(16(20)9-12)25-11-19(24)21-15-4-5-17-14(10-15)7-8-22(17)13(2)23/h3-6,9-10H,7-8,11H2,1-2H3,(H,21,24). The van der Waals surface area contributed by atoms with Crippen molar-refractivity contribution in [2.45, 2.75) is 20.3 Å². The number of nitrogens with one attached hydrogen (secondary N) is 1. The maximum absolute atomic E-state index is 12.1. The number of hydrogen-bond donors (Lipinski definition) is 1. The molecule has 0 fully saturated rings. The number of ether oxygens (including phenoxy) is 1. The van der Waals surface area contributed by atoms with Crippen LogP contribution in [0.25, 0.3) is 0 Å². The molecule has 0 saturated heterocycles. The predicted octanol–water partition coefficient (Wildman–Crippen LogP) is 3.68. The molecule has 0 radical (unpaired) electrons. The molecule has 0 aromatic heterocycles. The van der Waals surface area contributed by atoms with Crippen LogP contribution in [0, 0.1) is 6.92 Å². The van der Waals surface area contributed by atoms with Crippen LogP contribution in [-0.2, 0) is 16.0 Å². The van der Waals surface area contributed by atoms with Crippen LogP contribution in [0.4, 0.5) is 11.4 Å². The van der Waals surface area contributed by atoms with Crippen LogP contribution < -0.4 is 15.0 Å². The number of carbonyl (C=O) groups is 2. The Morgan fingerprint density at radius 3 is 2.76 bits per heavy atom. The molecule has 2 amide bonds. The molecular formula is C19H19BrN2O3. The predicted molar refractivity (Wildman–Crippen MR) is 101 cm³/mol. The number of amides is 2. The number of benzene rings is 2.